The van der Waals surface area contributed by atoms with Gasteiger partial charge in [-0.05, 0) is 30.0 Å². The first-order chi connectivity index (χ1) is 20.6. The first-order valence-corrected chi connectivity index (χ1v) is 15.1. The quantitative estimate of drug-likeness (QED) is 0.231. The Morgan fingerprint density at radius 3 is 1.81 bits per heavy atom. The van der Waals surface area contributed by atoms with Crippen LogP contribution in [0.1, 0.15) is 53.2 Å². The zero-order valence-corrected chi connectivity index (χ0v) is 24.0. The molecule has 3 heterocycles. The molecule has 3 aromatic carbocycles. The van der Waals surface area contributed by atoms with E-state index in [1.807, 2.05) is 45.9 Å². The Morgan fingerprint density at radius 2 is 1.19 bits per heavy atom. The Hall–Kier alpha value is -4.23. The number of ketones is 1. The molecule has 0 radical (unpaired) electrons. The van der Waals surface area contributed by atoms with Gasteiger partial charge < -0.3 is 14.4 Å². The molecule has 42 heavy (non-hydrogen) atoms. The zero-order valence-electron chi connectivity index (χ0n) is 24.0. The van der Waals surface area contributed by atoms with Gasteiger partial charge in [0.1, 0.15) is 6.54 Å². The molecule has 0 atom stereocenters. The number of para-hydroxylation sites is 1. The number of carbonyl (C=O) groups excluding carboxylic acids is 3. The van der Waals surface area contributed by atoms with Crippen molar-refractivity contribution in [3.8, 4) is 0 Å². The standard InChI is InChI=1S/C35H38N4O3/c40-32(36-19-11-1-2-12-20-36)26-39-25-30(29-17-9-10-18-31(29)39)34(41)35(42)38-23-21-37(22-24-38)33(27-13-5-3-6-14-27)28-15-7-4-8-16-28/h3-10,13-18,25,33H,1-2,11-12,19-24,26H2. The number of amides is 2. The van der Waals surface area contributed by atoms with Crippen LogP contribution in [0.5, 0.6) is 0 Å². The number of Topliss-reactive ketones (excluding diaryl/α,β-unsaturated/α-hetero) is 1. The molecule has 6 rings (SSSR count). The van der Waals surface area contributed by atoms with E-state index in [2.05, 4.69) is 53.4 Å². The fraction of sp³-hybridized carbons (Fsp3) is 0.343. The number of likely N-dealkylation sites (tertiary alicyclic amines) is 1. The summed E-state index contributed by atoms with van der Waals surface area (Å²) in [6.07, 6.45) is 6.08. The number of piperazine rings is 1. The third-order valence-electron chi connectivity index (χ3n) is 8.69. The van der Waals surface area contributed by atoms with E-state index in [0.717, 1.165) is 44.3 Å². The lowest BCUT2D eigenvalue weighted by Crippen LogP contribution is -2.51. The molecule has 216 valence electrons. The number of aromatic nitrogens is 1. The van der Waals surface area contributed by atoms with Crippen molar-refractivity contribution in [1.82, 2.24) is 19.3 Å². The van der Waals surface area contributed by atoms with E-state index in [1.54, 1.807) is 11.1 Å². The molecule has 0 N–H and O–H groups in total. The van der Waals surface area contributed by atoms with Crippen molar-refractivity contribution >= 4 is 28.5 Å². The Morgan fingerprint density at radius 1 is 0.619 bits per heavy atom. The number of nitrogens with zero attached hydrogens (tertiary/aromatic N) is 4. The highest BCUT2D eigenvalue weighted by molar-refractivity contribution is 6.44. The SMILES string of the molecule is O=C(C(=O)N1CCN(C(c2ccccc2)c2ccccc2)CC1)c1cn(CC(=O)N2CCCCCC2)c2ccccc12. The number of carbonyl (C=O) groups is 3. The van der Waals surface area contributed by atoms with Gasteiger partial charge in [0.25, 0.3) is 11.7 Å². The van der Waals surface area contributed by atoms with Gasteiger partial charge >= 0.3 is 0 Å². The number of hydrogen-bond donors (Lipinski definition) is 0. The van der Waals surface area contributed by atoms with Crippen molar-refractivity contribution < 1.29 is 14.4 Å². The first-order valence-electron chi connectivity index (χ1n) is 15.1. The molecule has 2 amide bonds. The minimum atomic E-state index is -0.511. The lowest BCUT2D eigenvalue weighted by atomic mass is 9.96. The molecule has 0 spiro atoms. The molecule has 0 unspecified atom stereocenters. The maximum atomic E-state index is 13.6. The highest BCUT2D eigenvalue weighted by Crippen LogP contribution is 2.30. The molecule has 7 nitrogen and oxygen atoms in total. The molecule has 0 bridgehead atoms. The average molecular weight is 563 g/mol. The van der Waals surface area contributed by atoms with Crippen molar-refractivity contribution in [2.24, 2.45) is 0 Å². The summed E-state index contributed by atoms with van der Waals surface area (Å²) in [5.41, 5.74) is 3.59. The minimum Gasteiger partial charge on any atom is -0.341 e. The molecular formula is C35H38N4O3. The highest BCUT2D eigenvalue weighted by atomic mass is 16.2. The van der Waals surface area contributed by atoms with Gasteiger partial charge in [-0.1, -0.05) is 91.7 Å². The minimum absolute atomic E-state index is 0.0606. The van der Waals surface area contributed by atoms with Crippen LogP contribution in [0.4, 0.5) is 0 Å². The van der Waals surface area contributed by atoms with Crippen molar-refractivity contribution in [2.45, 2.75) is 38.3 Å². The van der Waals surface area contributed by atoms with Gasteiger partial charge in [0.2, 0.25) is 5.91 Å². The first kappa shape index (κ1) is 27.9. The summed E-state index contributed by atoms with van der Waals surface area (Å²) >= 11 is 0. The van der Waals surface area contributed by atoms with Crippen LogP contribution < -0.4 is 0 Å². The van der Waals surface area contributed by atoms with Crippen LogP contribution >= 0.6 is 0 Å². The molecule has 7 heteroatoms. The van der Waals surface area contributed by atoms with Crippen LogP contribution in [0.3, 0.4) is 0 Å². The van der Waals surface area contributed by atoms with E-state index in [4.69, 9.17) is 0 Å². The summed E-state index contributed by atoms with van der Waals surface area (Å²) in [5.74, 6) is -0.929. The highest BCUT2D eigenvalue weighted by Gasteiger charge is 2.32. The fourth-order valence-corrected chi connectivity index (χ4v) is 6.45. The van der Waals surface area contributed by atoms with E-state index in [0.29, 0.717) is 37.1 Å². The maximum absolute atomic E-state index is 13.6. The predicted octanol–water partition coefficient (Wildman–Crippen LogP) is 5.16. The van der Waals surface area contributed by atoms with Crippen molar-refractivity contribution in [2.75, 3.05) is 39.3 Å². The maximum Gasteiger partial charge on any atom is 0.295 e. The number of hydrogen-bond acceptors (Lipinski definition) is 4. The van der Waals surface area contributed by atoms with Gasteiger partial charge in [0.05, 0.1) is 11.6 Å². The van der Waals surface area contributed by atoms with Gasteiger partial charge in [-0.15, -0.1) is 0 Å². The van der Waals surface area contributed by atoms with Gasteiger partial charge in [0.15, 0.2) is 0 Å². The molecule has 2 aliphatic heterocycles. The summed E-state index contributed by atoms with van der Waals surface area (Å²) in [7, 11) is 0. The van der Waals surface area contributed by atoms with Gasteiger partial charge in [-0.2, -0.15) is 0 Å². The molecule has 2 aliphatic rings. The van der Waals surface area contributed by atoms with Crippen LogP contribution in [0, 0.1) is 0 Å². The Kier molecular flexibility index (Phi) is 8.47. The van der Waals surface area contributed by atoms with Crippen LogP contribution in [0.15, 0.2) is 91.1 Å². The zero-order chi connectivity index (χ0) is 28.9. The third kappa shape index (κ3) is 5.88. The second kappa shape index (κ2) is 12.7. The lowest BCUT2D eigenvalue weighted by Gasteiger charge is -2.39. The molecule has 2 saturated heterocycles. The average Bonchev–Trinajstić information content (AvgIpc) is 3.19. The summed E-state index contributed by atoms with van der Waals surface area (Å²) in [4.78, 5) is 46.4. The monoisotopic (exact) mass is 562 g/mol. The Bertz CT molecular complexity index is 1490. The Labute approximate surface area is 247 Å². The van der Waals surface area contributed by atoms with Crippen molar-refractivity contribution in [3.05, 3.63) is 108 Å². The van der Waals surface area contributed by atoms with E-state index < -0.39 is 11.7 Å². The van der Waals surface area contributed by atoms with Gasteiger partial charge in [0, 0.05) is 56.4 Å². The van der Waals surface area contributed by atoms with Crippen LogP contribution in [-0.4, -0.2) is 76.1 Å². The largest absolute Gasteiger partial charge is 0.341 e. The summed E-state index contributed by atoms with van der Waals surface area (Å²) in [6.45, 7) is 4.02. The molecule has 0 aliphatic carbocycles. The summed E-state index contributed by atoms with van der Waals surface area (Å²) < 4.78 is 1.84. The smallest absolute Gasteiger partial charge is 0.295 e. The van der Waals surface area contributed by atoms with E-state index in [1.165, 1.54) is 11.1 Å². The third-order valence-corrected chi connectivity index (χ3v) is 8.69. The van der Waals surface area contributed by atoms with Crippen LogP contribution in [0.25, 0.3) is 10.9 Å². The van der Waals surface area contributed by atoms with Gasteiger partial charge in [-0.25, -0.2) is 0 Å². The molecule has 0 saturated carbocycles. The van der Waals surface area contributed by atoms with Gasteiger partial charge in [-0.3, -0.25) is 19.3 Å². The molecule has 2 fully saturated rings. The lowest BCUT2D eigenvalue weighted by molar-refractivity contribution is -0.131. The van der Waals surface area contributed by atoms with Crippen molar-refractivity contribution in [3.63, 3.8) is 0 Å². The number of rotatable bonds is 7. The normalized spacial score (nSPS) is 16.5. The summed E-state index contributed by atoms with van der Waals surface area (Å²) in [6, 6.07) is 28.5. The predicted molar refractivity (Wildman–Crippen MR) is 164 cm³/mol. The van der Waals surface area contributed by atoms with Crippen LogP contribution in [-0.2, 0) is 16.1 Å². The summed E-state index contributed by atoms with van der Waals surface area (Å²) in [5, 5.41) is 0.714. The number of fused-ring (bicyclic) bond motifs is 1. The number of benzene rings is 3. The van der Waals surface area contributed by atoms with E-state index >= 15 is 0 Å². The fourth-order valence-electron chi connectivity index (χ4n) is 6.45. The van der Waals surface area contributed by atoms with Crippen LogP contribution in [0.2, 0.25) is 0 Å². The second-order valence-corrected chi connectivity index (χ2v) is 11.4. The molecular weight excluding hydrogens is 524 g/mol. The van der Waals surface area contributed by atoms with E-state index in [-0.39, 0.29) is 18.5 Å². The molecule has 4 aromatic rings. The second-order valence-electron chi connectivity index (χ2n) is 11.4. The molecule has 1 aromatic heterocycles. The Balaban J connectivity index is 1.17. The van der Waals surface area contributed by atoms with E-state index in [9.17, 15) is 14.4 Å². The topological polar surface area (TPSA) is 65.9 Å². The van der Waals surface area contributed by atoms with Crippen molar-refractivity contribution in [1.29, 1.82) is 0 Å².